The fraction of sp³-hybridized carbons (Fsp3) is 0.550. The van der Waals surface area contributed by atoms with Gasteiger partial charge in [-0.05, 0) is 31.9 Å². The molecular weight excluding hydrogens is 483 g/mol. The van der Waals surface area contributed by atoms with Crippen LogP contribution in [-0.4, -0.2) is 53.4 Å². The number of nitrogens with one attached hydrogen (secondary N) is 1. The second kappa shape index (κ2) is 11.2. The fourth-order valence-corrected chi connectivity index (χ4v) is 3.41. The Balaban J connectivity index is 0.00000300. The van der Waals surface area contributed by atoms with Crippen LogP contribution in [0.5, 0.6) is 11.5 Å². The SMILES string of the molecule is CCNC(=NCc1nnc2n1CCCC2)N(C)Cc1ccc(OC)cc1OC.I. The van der Waals surface area contributed by atoms with Gasteiger partial charge in [0.1, 0.15) is 23.9 Å². The van der Waals surface area contributed by atoms with Crippen LogP contribution in [0.2, 0.25) is 0 Å². The van der Waals surface area contributed by atoms with Crippen molar-refractivity contribution in [2.45, 2.75) is 45.8 Å². The number of guanidine groups is 1. The van der Waals surface area contributed by atoms with Gasteiger partial charge in [0.2, 0.25) is 0 Å². The molecule has 0 bridgehead atoms. The second-order valence-electron chi connectivity index (χ2n) is 6.85. The van der Waals surface area contributed by atoms with E-state index in [0.29, 0.717) is 13.1 Å². The van der Waals surface area contributed by atoms with Crippen molar-refractivity contribution in [2.75, 3.05) is 27.8 Å². The molecule has 8 nitrogen and oxygen atoms in total. The van der Waals surface area contributed by atoms with Crippen LogP contribution in [0.25, 0.3) is 0 Å². The lowest BCUT2D eigenvalue weighted by molar-refractivity contribution is 0.382. The van der Waals surface area contributed by atoms with Crippen LogP contribution in [0, 0.1) is 0 Å². The quantitative estimate of drug-likeness (QED) is 0.348. The lowest BCUT2D eigenvalue weighted by atomic mass is 10.2. The highest BCUT2D eigenvalue weighted by molar-refractivity contribution is 14.0. The van der Waals surface area contributed by atoms with E-state index in [0.717, 1.165) is 54.2 Å². The molecular formula is C20H31IN6O2. The van der Waals surface area contributed by atoms with Gasteiger partial charge in [-0.3, -0.25) is 0 Å². The molecule has 1 aliphatic rings. The van der Waals surface area contributed by atoms with Gasteiger partial charge < -0.3 is 24.3 Å². The Hall–Kier alpha value is -2.04. The maximum Gasteiger partial charge on any atom is 0.194 e. The van der Waals surface area contributed by atoms with Crippen LogP contribution in [0.4, 0.5) is 0 Å². The Morgan fingerprint density at radius 1 is 1.24 bits per heavy atom. The molecule has 29 heavy (non-hydrogen) atoms. The molecule has 0 saturated carbocycles. The Morgan fingerprint density at radius 2 is 2.07 bits per heavy atom. The average Bonchev–Trinajstić information content (AvgIpc) is 3.14. The smallest absolute Gasteiger partial charge is 0.194 e. The summed E-state index contributed by atoms with van der Waals surface area (Å²) in [5, 5.41) is 12.0. The monoisotopic (exact) mass is 514 g/mol. The van der Waals surface area contributed by atoms with Crippen LogP contribution >= 0.6 is 24.0 Å². The van der Waals surface area contributed by atoms with Gasteiger partial charge in [-0.15, -0.1) is 34.2 Å². The molecule has 1 aromatic carbocycles. The molecule has 2 heterocycles. The van der Waals surface area contributed by atoms with E-state index >= 15 is 0 Å². The Bertz CT molecular complexity index is 823. The summed E-state index contributed by atoms with van der Waals surface area (Å²) in [5.41, 5.74) is 1.07. The molecule has 0 fully saturated rings. The predicted molar refractivity (Wildman–Crippen MR) is 124 cm³/mol. The molecule has 0 spiro atoms. The number of benzene rings is 1. The van der Waals surface area contributed by atoms with E-state index in [4.69, 9.17) is 14.5 Å². The molecule has 3 rings (SSSR count). The van der Waals surface area contributed by atoms with Crippen molar-refractivity contribution >= 4 is 29.9 Å². The van der Waals surface area contributed by atoms with Gasteiger partial charge in [0.05, 0.1) is 14.2 Å². The Labute approximate surface area is 189 Å². The van der Waals surface area contributed by atoms with Gasteiger partial charge >= 0.3 is 0 Å². The number of methoxy groups -OCH3 is 2. The standard InChI is InChI=1S/C20H30N6O2.HI/c1-5-21-20(22-13-19-24-23-18-8-6-7-11-26(18)19)25(2)14-15-9-10-16(27-3)12-17(15)28-4;/h9-10,12H,5-8,11,13-14H2,1-4H3,(H,21,22);1H. The summed E-state index contributed by atoms with van der Waals surface area (Å²) in [5.74, 6) is 4.42. The number of hydrogen-bond acceptors (Lipinski definition) is 5. The fourth-order valence-electron chi connectivity index (χ4n) is 3.41. The van der Waals surface area contributed by atoms with Crippen LogP contribution in [0.1, 0.15) is 37.0 Å². The molecule has 2 aromatic rings. The molecule has 0 amide bonds. The number of ether oxygens (including phenoxy) is 2. The molecule has 9 heteroatoms. The molecule has 0 saturated heterocycles. The zero-order chi connectivity index (χ0) is 19.9. The van der Waals surface area contributed by atoms with E-state index in [9.17, 15) is 0 Å². The third kappa shape index (κ3) is 5.74. The Morgan fingerprint density at radius 3 is 2.79 bits per heavy atom. The largest absolute Gasteiger partial charge is 0.497 e. The van der Waals surface area contributed by atoms with Crippen LogP contribution in [0.15, 0.2) is 23.2 Å². The first-order valence-electron chi connectivity index (χ1n) is 9.77. The predicted octanol–water partition coefficient (Wildman–Crippen LogP) is 2.85. The maximum atomic E-state index is 5.52. The minimum atomic E-state index is 0. The summed E-state index contributed by atoms with van der Waals surface area (Å²) in [4.78, 5) is 6.88. The molecule has 0 radical (unpaired) electrons. The first-order valence-corrected chi connectivity index (χ1v) is 9.77. The number of rotatable bonds is 7. The molecule has 1 aromatic heterocycles. The highest BCUT2D eigenvalue weighted by Gasteiger charge is 2.16. The first-order chi connectivity index (χ1) is 13.7. The van der Waals surface area contributed by atoms with Crippen molar-refractivity contribution in [1.29, 1.82) is 0 Å². The van der Waals surface area contributed by atoms with Gasteiger partial charge in [-0.25, -0.2) is 4.99 Å². The zero-order valence-electron chi connectivity index (χ0n) is 17.6. The van der Waals surface area contributed by atoms with Crippen molar-refractivity contribution < 1.29 is 9.47 Å². The molecule has 160 valence electrons. The zero-order valence-corrected chi connectivity index (χ0v) is 20.0. The highest BCUT2D eigenvalue weighted by Crippen LogP contribution is 2.25. The second-order valence-corrected chi connectivity index (χ2v) is 6.85. The number of aliphatic imine (C=N–C) groups is 1. The lowest BCUT2D eigenvalue weighted by Gasteiger charge is -2.23. The van der Waals surface area contributed by atoms with Gasteiger partial charge in [0, 0.05) is 44.7 Å². The topological polar surface area (TPSA) is 76.8 Å². The van der Waals surface area contributed by atoms with Crippen molar-refractivity contribution in [2.24, 2.45) is 4.99 Å². The number of hydrogen-bond donors (Lipinski definition) is 1. The molecule has 0 atom stereocenters. The van der Waals surface area contributed by atoms with Crippen molar-refractivity contribution in [1.82, 2.24) is 25.0 Å². The Kier molecular flexibility index (Phi) is 8.99. The minimum absolute atomic E-state index is 0. The van der Waals surface area contributed by atoms with E-state index < -0.39 is 0 Å². The van der Waals surface area contributed by atoms with E-state index in [1.165, 1.54) is 12.8 Å². The molecule has 1 aliphatic heterocycles. The third-order valence-electron chi connectivity index (χ3n) is 4.90. The normalized spacial score (nSPS) is 13.3. The highest BCUT2D eigenvalue weighted by atomic mass is 127. The van der Waals surface area contributed by atoms with Crippen molar-refractivity contribution in [3.63, 3.8) is 0 Å². The number of nitrogens with zero attached hydrogens (tertiary/aromatic N) is 5. The van der Waals surface area contributed by atoms with Crippen LogP contribution in [-0.2, 0) is 26.1 Å². The minimum Gasteiger partial charge on any atom is -0.497 e. The average molecular weight is 514 g/mol. The molecule has 0 unspecified atom stereocenters. The number of aryl methyl sites for hydroxylation is 1. The van der Waals surface area contributed by atoms with E-state index in [2.05, 4.69) is 31.9 Å². The summed E-state index contributed by atoms with van der Waals surface area (Å²) in [6.07, 6.45) is 3.38. The molecule has 0 aliphatic carbocycles. The molecule has 1 N–H and O–H groups in total. The van der Waals surface area contributed by atoms with E-state index in [1.807, 2.05) is 25.2 Å². The van der Waals surface area contributed by atoms with Gasteiger partial charge in [0.25, 0.3) is 0 Å². The van der Waals surface area contributed by atoms with E-state index in [1.54, 1.807) is 14.2 Å². The number of aromatic nitrogens is 3. The summed E-state index contributed by atoms with van der Waals surface area (Å²) >= 11 is 0. The third-order valence-corrected chi connectivity index (χ3v) is 4.90. The number of halogens is 1. The summed E-state index contributed by atoms with van der Waals surface area (Å²) in [6.45, 7) is 5.02. The lowest BCUT2D eigenvalue weighted by Crippen LogP contribution is -2.38. The van der Waals surface area contributed by atoms with Crippen molar-refractivity contribution in [3.8, 4) is 11.5 Å². The van der Waals surface area contributed by atoms with E-state index in [-0.39, 0.29) is 24.0 Å². The first kappa shape index (κ1) is 23.2. The van der Waals surface area contributed by atoms with Gasteiger partial charge in [0.15, 0.2) is 11.8 Å². The summed E-state index contributed by atoms with van der Waals surface area (Å²) < 4.78 is 13.0. The van der Waals surface area contributed by atoms with Gasteiger partial charge in [-0.1, -0.05) is 0 Å². The summed E-state index contributed by atoms with van der Waals surface area (Å²) in [7, 11) is 5.34. The van der Waals surface area contributed by atoms with Crippen molar-refractivity contribution in [3.05, 3.63) is 35.4 Å². The van der Waals surface area contributed by atoms with Crippen LogP contribution < -0.4 is 14.8 Å². The maximum absolute atomic E-state index is 5.52. The van der Waals surface area contributed by atoms with Gasteiger partial charge in [-0.2, -0.15) is 0 Å². The van der Waals surface area contributed by atoms with Crippen LogP contribution in [0.3, 0.4) is 0 Å². The summed E-state index contributed by atoms with van der Waals surface area (Å²) in [6, 6.07) is 5.86. The number of fused-ring (bicyclic) bond motifs is 1.